The zero-order valence-electron chi connectivity index (χ0n) is 15.5. The van der Waals surface area contributed by atoms with Crippen LogP contribution in [0.5, 0.6) is 11.8 Å². The summed E-state index contributed by atoms with van der Waals surface area (Å²) in [7, 11) is -2.22. The first kappa shape index (κ1) is 21.1. The average Bonchev–Trinajstić information content (AvgIpc) is 2.66. The number of benzene rings is 1. The number of hydrogen-bond acceptors (Lipinski definition) is 6. The van der Waals surface area contributed by atoms with Crippen LogP contribution >= 0.6 is 23.2 Å². The lowest BCUT2D eigenvalue weighted by atomic mass is 9.94. The van der Waals surface area contributed by atoms with Crippen molar-refractivity contribution in [2.75, 3.05) is 7.11 Å². The molecule has 0 radical (unpaired) electrons. The van der Waals surface area contributed by atoms with Crippen molar-refractivity contribution in [1.82, 2.24) is 14.7 Å². The Morgan fingerprint density at radius 1 is 1.07 bits per heavy atom. The summed E-state index contributed by atoms with van der Waals surface area (Å²) in [4.78, 5) is 8.24. The van der Waals surface area contributed by atoms with Crippen LogP contribution in [0, 0.1) is 6.92 Å². The molecule has 1 heterocycles. The summed E-state index contributed by atoms with van der Waals surface area (Å²) in [6.07, 6.45) is 5.66. The van der Waals surface area contributed by atoms with Crippen molar-refractivity contribution in [3.63, 3.8) is 0 Å². The van der Waals surface area contributed by atoms with E-state index in [0.717, 1.165) is 0 Å². The Hall–Kier alpha value is -1.61. The number of aryl methyl sites for hydroxylation is 1. The monoisotopic (exact) mass is 445 g/mol. The van der Waals surface area contributed by atoms with E-state index in [1.165, 1.54) is 31.6 Å². The lowest BCUT2D eigenvalue weighted by Gasteiger charge is -2.29. The predicted molar refractivity (Wildman–Crippen MR) is 107 cm³/mol. The van der Waals surface area contributed by atoms with Gasteiger partial charge in [0.2, 0.25) is 21.8 Å². The standard InChI is InChI=1S/C18H21Cl2N3O4S/c1-11-7-16(15(20)8-14(11)19)28(24,25)23-12-3-5-13(6-4-12)27-18-10-21-9-17(22-18)26-2/h7-10,12-13,23H,3-6H2,1-2H3. The summed E-state index contributed by atoms with van der Waals surface area (Å²) >= 11 is 12.1. The van der Waals surface area contributed by atoms with Crippen LogP contribution < -0.4 is 14.2 Å². The van der Waals surface area contributed by atoms with Crippen LogP contribution in [0.2, 0.25) is 10.0 Å². The van der Waals surface area contributed by atoms with E-state index in [1.807, 2.05) is 0 Å². The lowest BCUT2D eigenvalue weighted by molar-refractivity contribution is 0.136. The van der Waals surface area contributed by atoms with Crippen molar-refractivity contribution >= 4 is 33.2 Å². The van der Waals surface area contributed by atoms with Gasteiger partial charge in [-0.05, 0) is 50.3 Å². The van der Waals surface area contributed by atoms with Gasteiger partial charge < -0.3 is 9.47 Å². The summed E-state index contributed by atoms with van der Waals surface area (Å²) in [5.41, 5.74) is 0.656. The predicted octanol–water partition coefficient (Wildman–Crippen LogP) is 3.77. The van der Waals surface area contributed by atoms with Crippen molar-refractivity contribution in [2.45, 2.75) is 49.6 Å². The van der Waals surface area contributed by atoms with Crippen molar-refractivity contribution in [3.8, 4) is 11.8 Å². The van der Waals surface area contributed by atoms with Gasteiger partial charge in [0.15, 0.2) is 0 Å². The number of nitrogens with zero attached hydrogens (tertiary/aromatic N) is 2. The van der Waals surface area contributed by atoms with E-state index in [1.54, 1.807) is 6.92 Å². The highest BCUT2D eigenvalue weighted by Crippen LogP contribution is 2.30. The molecule has 7 nitrogen and oxygen atoms in total. The molecular formula is C18H21Cl2N3O4S. The summed E-state index contributed by atoms with van der Waals surface area (Å²) in [5.74, 6) is 0.779. The molecule has 1 fully saturated rings. The van der Waals surface area contributed by atoms with Gasteiger partial charge in [0.1, 0.15) is 11.0 Å². The van der Waals surface area contributed by atoms with Crippen LogP contribution in [0.4, 0.5) is 0 Å². The molecule has 1 aliphatic carbocycles. The molecule has 0 aliphatic heterocycles. The van der Waals surface area contributed by atoms with Gasteiger partial charge in [-0.3, -0.25) is 4.98 Å². The Balaban J connectivity index is 1.60. The van der Waals surface area contributed by atoms with Crippen molar-refractivity contribution in [1.29, 1.82) is 0 Å². The van der Waals surface area contributed by atoms with Gasteiger partial charge in [-0.2, -0.15) is 4.98 Å². The molecule has 1 saturated carbocycles. The van der Waals surface area contributed by atoms with Gasteiger partial charge in [0.05, 0.1) is 24.5 Å². The fourth-order valence-corrected chi connectivity index (χ4v) is 5.21. The normalized spacial score (nSPS) is 20.0. The van der Waals surface area contributed by atoms with E-state index in [4.69, 9.17) is 32.7 Å². The third-order valence-corrected chi connectivity index (χ3v) is 6.98. The van der Waals surface area contributed by atoms with Gasteiger partial charge in [-0.15, -0.1) is 0 Å². The van der Waals surface area contributed by atoms with Gasteiger partial charge in [-0.25, -0.2) is 13.1 Å². The fraction of sp³-hybridized carbons (Fsp3) is 0.444. The number of halogens is 2. The van der Waals surface area contributed by atoms with Gasteiger partial charge in [0, 0.05) is 11.1 Å². The molecule has 0 spiro atoms. The largest absolute Gasteiger partial charge is 0.480 e. The van der Waals surface area contributed by atoms with Crippen molar-refractivity contribution in [2.24, 2.45) is 0 Å². The molecule has 0 bridgehead atoms. The average molecular weight is 446 g/mol. The van der Waals surface area contributed by atoms with Crippen LogP contribution in [-0.2, 0) is 10.0 Å². The van der Waals surface area contributed by atoms with Crippen LogP contribution in [-0.4, -0.2) is 37.6 Å². The first-order valence-electron chi connectivity index (χ1n) is 8.79. The Kier molecular flexibility index (Phi) is 6.65. The molecule has 0 atom stereocenters. The Morgan fingerprint density at radius 3 is 2.43 bits per heavy atom. The molecule has 1 aromatic heterocycles. The Bertz CT molecular complexity index is 948. The zero-order valence-corrected chi connectivity index (χ0v) is 17.8. The second-order valence-electron chi connectivity index (χ2n) is 6.64. The topological polar surface area (TPSA) is 90.4 Å². The van der Waals surface area contributed by atoms with E-state index < -0.39 is 10.0 Å². The summed E-state index contributed by atoms with van der Waals surface area (Å²) in [6, 6.07) is 2.75. The Labute approximate surface area is 174 Å². The number of methoxy groups -OCH3 is 1. The van der Waals surface area contributed by atoms with Gasteiger partial charge in [-0.1, -0.05) is 23.2 Å². The second-order valence-corrected chi connectivity index (χ2v) is 9.14. The van der Waals surface area contributed by atoms with Crippen LogP contribution in [0.1, 0.15) is 31.2 Å². The quantitative estimate of drug-likeness (QED) is 0.727. The molecule has 0 amide bonds. The number of rotatable bonds is 6. The first-order valence-corrected chi connectivity index (χ1v) is 11.0. The number of sulfonamides is 1. The molecule has 1 N–H and O–H groups in total. The van der Waals surface area contributed by atoms with E-state index in [0.29, 0.717) is 48.0 Å². The molecule has 3 rings (SSSR count). The maximum absolute atomic E-state index is 12.7. The van der Waals surface area contributed by atoms with E-state index >= 15 is 0 Å². The molecule has 0 unspecified atom stereocenters. The minimum Gasteiger partial charge on any atom is -0.480 e. The number of aromatic nitrogens is 2. The van der Waals surface area contributed by atoms with Gasteiger partial charge in [0.25, 0.3) is 0 Å². The highest BCUT2D eigenvalue weighted by atomic mass is 35.5. The fourth-order valence-electron chi connectivity index (χ4n) is 3.08. The third-order valence-electron chi connectivity index (χ3n) is 4.59. The molecular weight excluding hydrogens is 425 g/mol. The lowest BCUT2D eigenvalue weighted by Crippen LogP contribution is -2.39. The zero-order chi connectivity index (χ0) is 20.3. The van der Waals surface area contributed by atoms with E-state index in [-0.39, 0.29) is 22.1 Å². The second kappa shape index (κ2) is 8.82. The van der Waals surface area contributed by atoms with Crippen LogP contribution in [0.3, 0.4) is 0 Å². The molecule has 28 heavy (non-hydrogen) atoms. The number of hydrogen-bond donors (Lipinski definition) is 1. The molecule has 0 saturated heterocycles. The maximum atomic E-state index is 12.7. The summed E-state index contributed by atoms with van der Waals surface area (Å²) in [5, 5.41) is 0.541. The van der Waals surface area contributed by atoms with Crippen LogP contribution in [0.25, 0.3) is 0 Å². The maximum Gasteiger partial charge on any atom is 0.242 e. The minimum absolute atomic E-state index is 0.0427. The SMILES string of the molecule is COc1cncc(OC2CCC(NS(=O)(=O)c3cc(C)c(Cl)cc3Cl)CC2)n1. The molecule has 152 valence electrons. The minimum atomic E-state index is -3.74. The third kappa shape index (κ3) is 5.05. The smallest absolute Gasteiger partial charge is 0.242 e. The number of nitrogens with one attached hydrogen (secondary N) is 1. The van der Waals surface area contributed by atoms with E-state index in [9.17, 15) is 8.42 Å². The van der Waals surface area contributed by atoms with Crippen molar-refractivity contribution in [3.05, 3.63) is 40.1 Å². The van der Waals surface area contributed by atoms with Crippen LogP contribution in [0.15, 0.2) is 29.4 Å². The molecule has 10 heteroatoms. The van der Waals surface area contributed by atoms with Crippen molar-refractivity contribution < 1.29 is 17.9 Å². The summed E-state index contributed by atoms with van der Waals surface area (Å²) < 4.78 is 39.1. The molecule has 1 aromatic carbocycles. The molecule has 2 aromatic rings. The molecule has 1 aliphatic rings. The van der Waals surface area contributed by atoms with Gasteiger partial charge >= 0.3 is 0 Å². The highest BCUT2D eigenvalue weighted by molar-refractivity contribution is 7.89. The first-order chi connectivity index (χ1) is 13.3. The highest BCUT2D eigenvalue weighted by Gasteiger charge is 2.28. The Morgan fingerprint density at radius 2 is 1.75 bits per heavy atom. The number of ether oxygens (including phenoxy) is 2. The summed E-state index contributed by atoms with van der Waals surface area (Å²) in [6.45, 7) is 1.74. The van der Waals surface area contributed by atoms with E-state index in [2.05, 4.69) is 14.7 Å².